The number of benzene rings is 2. The maximum atomic E-state index is 12.4. The second-order valence-corrected chi connectivity index (χ2v) is 7.54. The lowest BCUT2D eigenvalue weighted by molar-refractivity contribution is -0.133. The van der Waals surface area contributed by atoms with Crippen LogP contribution in [0.2, 0.25) is 15.1 Å². The summed E-state index contributed by atoms with van der Waals surface area (Å²) in [6, 6.07) is 12.9. The maximum absolute atomic E-state index is 12.4. The molecule has 0 spiro atoms. The van der Waals surface area contributed by atoms with Gasteiger partial charge in [0.15, 0.2) is 6.10 Å². The van der Waals surface area contributed by atoms with Gasteiger partial charge in [-0.1, -0.05) is 71.1 Å². The van der Waals surface area contributed by atoms with Gasteiger partial charge in [0, 0.05) is 30.0 Å². The zero-order valence-electron chi connectivity index (χ0n) is 14.8. The van der Waals surface area contributed by atoms with Gasteiger partial charge in [-0.2, -0.15) is 0 Å². The lowest BCUT2D eigenvalue weighted by Gasteiger charge is -2.25. The van der Waals surface area contributed by atoms with Gasteiger partial charge in [-0.15, -0.1) is 0 Å². The van der Waals surface area contributed by atoms with E-state index in [4.69, 9.17) is 39.6 Å². The van der Waals surface area contributed by atoms with Crippen molar-refractivity contribution < 1.29 is 9.63 Å². The highest BCUT2D eigenvalue weighted by molar-refractivity contribution is 6.42. The largest absolute Gasteiger partial charge is 0.390 e. The molecule has 0 N–H and O–H groups in total. The molecule has 1 heterocycles. The number of halogens is 3. The molecule has 142 valence electrons. The Bertz CT molecular complexity index is 870. The monoisotopic (exact) mass is 424 g/mol. The van der Waals surface area contributed by atoms with Crippen LogP contribution in [-0.2, 0) is 16.2 Å². The van der Waals surface area contributed by atoms with Crippen molar-refractivity contribution >= 4 is 46.4 Å². The quantitative estimate of drug-likeness (QED) is 0.606. The van der Waals surface area contributed by atoms with Crippen LogP contribution < -0.4 is 0 Å². The molecule has 0 fully saturated rings. The molecule has 1 aliphatic heterocycles. The Hall–Kier alpha value is -1.75. The smallest absolute Gasteiger partial charge is 0.222 e. The van der Waals surface area contributed by atoms with Gasteiger partial charge in [0.05, 0.1) is 22.3 Å². The van der Waals surface area contributed by atoms with Crippen LogP contribution >= 0.6 is 34.8 Å². The molecule has 1 atom stereocenters. The Morgan fingerprint density at radius 2 is 1.93 bits per heavy atom. The molecular weight excluding hydrogens is 407 g/mol. The van der Waals surface area contributed by atoms with Crippen molar-refractivity contribution in [2.75, 3.05) is 6.54 Å². The van der Waals surface area contributed by atoms with Gasteiger partial charge < -0.3 is 9.74 Å². The second kappa shape index (κ2) is 8.96. The maximum Gasteiger partial charge on any atom is 0.222 e. The number of hydrogen-bond donors (Lipinski definition) is 0. The molecule has 1 amide bonds. The molecule has 4 nitrogen and oxygen atoms in total. The average Bonchev–Trinajstić information content (AvgIpc) is 3.13. The summed E-state index contributed by atoms with van der Waals surface area (Å²) in [7, 11) is 0. The third-order valence-electron chi connectivity index (χ3n) is 4.38. The minimum absolute atomic E-state index is 0.0431. The van der Waals surface area contributed by atoms with E-state index in [-0.39, 0.29) is 12.0 Å². The van der Waals surface area contributed by atoms with Crippen molar-refractivity contribution in [3.05, 3.63) is 68.7 Å². The zero-order valence-corrected chi connectivity index (χ0v) is 17.1. The Labute approximate surface area is 173 Å². The number of amides is 1. The molecule has 27 heavy (non-hydrogen) atoms. The lowest BCUT2D eigenvalue weighted by Crippen LogP contribution is -2.37. The van der Waals surface area contributed by atoms with E-state index in [9.17, 15) is 4.79 Å². The molecule has 0 aliphatic carbocycles. The van der Waals surface area contributed by atoms with E-state index in [2.05, 4.69) is 5.16 Å². The molecule has 3 rings (SSSR count). The van der Waals surface area contributed by atoms with E-state index in [0.29, 0.717) is 41.0 Å². The molecule has 2 aromatic rings. The lowest BCUT2D eigenvalue weighted by atomic mass is 10.0. The molecule has 7 heteroatoms. The molecular formula is C20H19Cl3N2O2. The molecule has 0 saturated carbocycles. The van der Waals surface area contributed by atoms with Gasteiger partial charge in [0.1, 0.15) is 0 Å². The first-order valence-corrected chi connectivity index (χ1v) is 9.80. The first-order valence-electron chi connectivity index (χ1n) is 8.67. The Morgan fingerprint density at radius 3 is 2.63 bits per heavy atom. The van der Waals surface area contributed by atoms with E-state index >= 15 is 0 Å². The number of carbonyl (C=O) groups is 1. The summed E-state index contributed by atoms with van der Waals surface area (Å²) in [5, 5.41) is 5.79. The van der Waals surface area contributed by atoms with Gasteiger partial charge >= 0.3 is 0 Å². The molecule has 2 aromatic carbocycles. The van der Waals surface area contributed by atoms with Gasteiger partial charge in [0.25, 0.3) is 0 Å². The number of hydrogen-bond acceptors (Lipinski definition) is 3. The second-order valence-electron chi connectivity index (χ2n) is 6.32. The van der Waals surface area contributed by atoms with Crippen LogP contribution in [0.25, 0.3) is 0 Å². The predicted octanol–water partition coefficient (Wildman–Crippen LogP) is 5.58. The number of carbonyl (C=O) groups excluding carboxylic acids is 1. The number of oxime groups is 1. The van der Waals surface area contributed by atoms with Crippen molar-refractivity contribution in [2.45, 2.75) is 32.4 Å². The van der Waals surface area contributed by atoms with Crippen LogP contribution in [0.15, 0.2) is 47.6 Å². The fraction of sp³-hybridized carbons (Fsp3) is 0.300. The van der Waals surface area contributed by atoms with Crippen molar-refractivity contribution in [2.24, 2.45) is 5.16 Å². The first-order chi connectivity index (χ1) is 13.0. The number of rotatable bonds is 6. The highest BCUT2D eigenvalue weighted by Gasteiger charge is 2.27. The highest BCUT2D eigenvalue weighted by Crippen LogP contribution is 2.26. The average molecular weight is 426 g/mol. The van der Waals surface area contributed by atoms with Crippen LogP contribution in [0.4, 0.5) is 0 Å². The van der Waals surface area contributed by atoms with Crippen molar-refractivity contribution in [1.29, 1.82) is 0 Å². The van der Waals surface area contributed by atoms with Crippen molar-refractivity contribution in [3.8, 4) is 0 Å². The summed E-state index contributed by atoms with van der Waals surface area (Å²) in [6.45, 7) is 2.72. The fourth-order valence-corrected chi connectivity index (χ4v) is 3.42. The van der Waals surface area contributed by atoms with Crippen LogP contribution in [-0.4, -0.2) is 29.2 Å². The van der Waals surface area contributed by atoms with Gasteiger partial charge in [-0.3, -0.25) is 4.79 Å². The molecule has 1 unspecified atom stereocenters. The third-order valence-corrected chi connectivity index (χ3v) is 5.49. The summed E-state index contributed by atoms with van der Waals surface area (Å²) in [6.07, 6.45) is 0.790. The fourth-order valence-electron chi connectivity index (χ4n) is 2.93. The van der Waals surface area contributed by atoms with E-state index in [1.807, 2.05) is 37.3 Å². The predicted molar refractivity (Wildman–Crippen MR) is 110 cm³/mol. The zero-order chi connectivity index (χ0) is 19.4. The molecule has 0 aromatic heterocycles. The molecule has 0 bridgehead atoms. The van der Waals surface area contributed by atoms with Crippen molar-refractivity contribution in [1.82, 2.24) is 4.90 Å². The van der Waals surface area contributed by atoms with E-state index in [1.54, 1.807) is 17.0 Å². The molecule has 1 aliphatic rings. The Balaban J connectivity index is 1.68. The van der Waals surface area contributed by atoms with E-state index in [1.165, 1.54) is 0 Å². The summed E-state index contributed by atoms with van der Waals surface area (Å²) in [4.78, 5) is 19.7. The van der Waals surface area contributed by atoms with E-state index < -0.39 is 0 Å². The third kappa shape index (κ3) is 4.95. The van der Waals surface area contributed by atoms with E-state index in [0.717, 1.165) is 16.8 Å². The molecule has 0 radical (unpaired) electrons. The minimum Gasteiger partial charge on any atom is -0.390 e. The standard InChI is InChI=1S/C20H19Cl3N2O2/c1-2-20(26)25(11-14-5-3-4-6-16(14)21)12-15-10-19(24-27-15)13-7-8-17(22)18(23)9-13/h3-9,15H,2,10-12H2,1H3. The van der Waals surface area contributed by atoms with Crippen LogP contribution in [0.3, 0.4) is 0 Å². The summed E-state index contributed by atoms with van der Waals surface area (Å²) < 4.78 is 0. The van der Waals surface area contributed by atoms with Crippen LogP contribution in [0, 0.1) is 0 Å². The first kappa shape index (κ1) is 20.0. The topological polar surface area (TPSA) is 41.9 Å². The highest BCUT2D eigenvalue weighted by atomic mass is 35.5. The SMILES string of the molecule is CCC(=O)N(Cc1ccccc1Cl)CC1CC(c2ccc(Cl)c(Cl)c2)=NO1. The van der Waals surface area contributed by atoms with Crippen LogP contribution in [0.5, 0.6) is 0 Å². The minimum atomic E-state index is -0.215. The Kier molecular flexibility index (Phi) is 6.64. The van der Waals surface area contributed by atoms with Crippen molar-refractivity contribution in [3.63, 3.8) is 0 Å². The van der Waals surface area contributed by atoms with Gasteiger partial charge in [-0.05, 0) is 23.8 Å². The Morgan fingerprint density at radius 1 is 1.15 bits per heavy atom. The van der Waals surface area contributed by atoms with Gasteiger partial charge in [-0.25, -0.2) is 0 Å². The molecule has 0 saturated heterocycles. The summed E-state index contributed by atoms with van der Waals surface area (Å²) in [5.74, 6) is 0.0431. The van der Waals surface area contributed by atoms with Crippen LogP contribution in [0.1, 0.15) is 30.9 Å². The normalized spacial score (nSPS) is 16.0. The summed E-state index contributed by atoms with van der Waals surface area (Å²) in [5.41, 5.74) is 2.57. The van der Waals surface area contributed by atoms with Gasteiger partial charge in [0.2, 0.25) is 5.91 Å². The summed E-state index contributed by atoms with van der Waals surface area (Å²) >= 11 is 18.3. The number of nitrogens with zero attached hydrogens (tertiary/aromatic N) is 2.